The Bertz CT molecular complexity index is 910. The van der Waals surface area contributed by atoms with Crippen LogP contribution in [-0.2, 0) is 9.53 Å². The van der Waals surface area contributed by atoms with Crippen LogP contribution in [0.3, 0.4) is 0 Å². The Labute approximate surface area is 200 Å². The van der Waals surface area contributed by atoms with Crippen LogP contribution < -0.4 is 5.32 Å². The van der Waals surface area contributed by atoms with Gasteiger partial charge in [0.1, 0.15) is 12.4 Å². The molecule has 184 valence electrons. The largest absolute Gasteiger partial charge is 0.490 e. The molecule has 1 N–H and O–H groups in total. The predicted molar refractivity (Wildman–Crippen MR) is 125 cm³/mol. The number of hydrogen-bond donors (Lipinski definition) is 1. The molecule has 1 aliphatic rings. The number of nitriles is 1. The smallest absolute Gasteiger partial charge is 0.394 e. The number of halogens is 4. The second-order valence-electron chi connectivity index (χ2n) is 9.39. The topological polar surface area (TPSA) is 62.1 Å². The van der Waals surface area contributed by atoms with Gasteiger partial charge in [-0.05, 0) is 69.8 Å². The van der Waals surface area contributed by atoms with Gasteiger partial charge in [0, 0.05) is 17.0 Å². The number of rotatable bonds is 9. The zero-order valence-corrected chi connectivity index (χ0v) is 21.2. The first kappa shape index (κ1) is 28.8. The molecule has 0 saturated heterocycles. The number of allylic oxidation sites excluding steroid dienone is 7. The molecule has 0 aromatic heterocycles. The van der Waals surface area contributed by atoms with Gasteiger partial charge in [-0.2, -0.15) is 18.4 Å². The molecule has 8 heteroatoms. The molecule has 0 aromatic carbocycles. The lowest BCUT2D eigenvalue weighted by molar-refractivity contribution is -0.235. The third-order valence-electron chi connectivity index (χ3n) is 6.38. The van der Waals surface area contributed by atoms with E-state index in [9.17, 15) is 23.2 Å². The van der Waals surface area contributed by atoms with E-state index in [0.29, 0.717) is 16.4 Å². The molecule has 4 nitrogen and oxygen atoms in total. The average Bonchev–Trinajstić information content (AvgIpc) is 2.71. The first-order valence-electron chi connectivity index (χ1n) is 10.9. The molecule has 1 rings (SSSR count). The molecule has 0 heterocycles. The van der Waals surface area contributed by atoms with E-state index in [2.05, 4.69) is 5.32 Å². The van der Waals surface area contributed by atoms with Gasteiger partial charge in [-0.1, -0.05) is 38.4 Å². The summed E-state index contributed by atoms with van der Waals surface area (Å²) in [4.78, 5) is 12.4. The summed E-state index contributed by atoms with van der Waals surface area (Å²) in [5.41, 5.74) is -0.524. The second kappa shape index (κ2) is 11.3. The Balaban J connectivity index is 2.80. The van der Waals surface area contributed by atoms with Gasteiger partial charge in [-0.25, -0.2) is 0 Å². The van der Waals surface area contributed by atoms with Crippen molar-refractivity contribution in [2.75, 3.05) is 6.61 Å². The lowest BCUT2D eigenvalue weighted by Gasteiger charge is -2.36. The number of carbonyl (C=O) groups excluding carboxylic acids is 1. The van der Waals surface area contributed by atoms with E-state index in [1.807, 2.05) is 32.1 Å². The Morgan fingerprint density at radius 1 is 1.18 bits per heavy atom. The molecule has 0 aliphatic heterocycles. The Hall–Kier alpha value is -2.20. The summed E-state index contributed by atoms with van der Waals surface area (Å²) in [7, 11) is 0. The molecule has 33 heavy (non-hydrogen) atoms. The van der Waals surface area contributed by atoms with Crippen LogP contribution in [0.2, 0.25) is 0 Å². The summed E-state index contributed by atoms with van der Waals surface area (Å²) in [5, 5.41) is 12.7. The van der Waals surface area contributed by atoms with E-state index in [-0.39, 0.29) is 25.9 Å². The second-order valence-corrected chi connectivity index (χ2v) is 9.79. The highest BCUT2D eigenvalue weighted by Crippen LogP contribution is 2.47. The Morgan fingerprint density at radius 2 is 1.79 bits per heavy atom. The van der Waals surface area contributed by atoms with Crippen LogP contribution >= 0.6 is 11.6 Å². The highest BCUT2D eigenvalue weighted by molar-refractivity contribution is 6.32. The normalized spacial score (nSPS) is 25.6. The van der Waals surface area contributed by atoms with Crippen molar-refractivity contribution in [3.63, 3.8) is 0 Å². The third kappa shape index (κ3) is 7.67. The van der Waals surface area contributed by atoms with E-state index < -0.39 is 29.0 Å². The van der Waals surface area contributed by atoms with Crippen LogP contribution in [0.5, 0.6) is 0 Å². The first-order valence-corrected chi connectivity index (χ1v) is 11.3. The fourth-order valence-corrected chi connectivity index (χ4v) is 3.46. The van der Waals surface area contributed by atoms with Crippen LogP contribution in [-0.4, -0.2) is 24.2 Å². The number of nitrogens with zero attached hydrogens (tertiary/aromatic N) is 1. The minimum absolute atomic E-state index is 0.0563. The highest BCUT2D eigenvalue weighted by atomic mass is 35.5. The summed E-state index contributed by atoms with van der Waals surface area (Å²) in [5.74, 6) is -0.645. The van der Waals surface area contributed by atoms with Crippen molar-refractivity contribution in [3.8, 4) is 6.07 Å². The van der Waals surface area contributed by atoms with Gasteiger partial charge in [0.2, 0.25) is 5.91 Å². The van der Waals surface area contributed by atoms with Gasteiger partial charge in [0.15, 0.2) is 5.54 Å². The number of ether oxygens (including phenoxy) is 1. The monoisotopic (exact) mass is 486 g/mol. The van der Waals surface area contributed by atoms with Gasteiger partial charge in [-0.3, -0.25) is 4.79 Å². The SMILES string of the molecule is CC1=C(C)/C=C(Cl)/C(C)=C(OCC(C)(C#N)NC(=O)CCC[C@@](C)(C(C)C)C(F)(F)F)/C=C\1. The van der Waals surface area contributed by atoms with Crippen LogP contribution in [0.4, 0.5) is 13.2 Å². The number of hydrogen-bond acceptors (Lipinski definition) is 3. The van der Waals surface area contributed by atoms with Gasteiger partial charge in [-0.15, -0.1) is 0 Å². The quantitative estimate of drug-likeness (QED) is 0.378. The molecular formula is C25H34ClF3N2O2. The summed E-state index contributed by atoms with van der Waals surface area (Å²) in [6.07, 6.45) is 0.877. The Morgan fingerprint density at radius 3 is 2.30 bits per heavy atom. The highest BCUT2D eigenvalue weighted by Gasteiger charge is 2.52. The van der Waals surface area contributed by atoms with Crippen molar-refractivity contribution in [1.29, 1.82) is 5.26 Å². The zero-order valence-electron chi connectivity index (χ0n) is 20.4. The van der Waals surface area contributed by atoms with Crippen LogP contribution in [0, 0.1) is 22.7 Å². The van der Waals surface area contributed by atoms with Crippen molar-refractivity contribution >= 4 is 17.5 Å². The molecule has 1 unspecified atom stereocenters. The maximum atomic E-state index is 13.5. The maximum Gasteiger partial charge on any atom is 0.394 e. The molecule has 2 atom stereocenters. The fourth-order valence-electron chi connectivity index (χ4n) is 3.21. The fraction of sp³-hybridized carbons (Fsp3) is 0.600. The van der Waals surface area contributed by atoms with Gasteiger partial charge >= 0.3 is 6.18 Å². The van der Waals surface area contributed by atoms with E-state index in [4.69, 9.17) is 16.3 Å². The summed E-state index contributed by atoms with van der Waals surface area (Å²) in [6.45, 7) is 11.3. The van der Waals surface area contributed by atoms with Crippen LogP contribution in [0.15, 0.2) is 45.7 Å². The average molecular weight is 487 g/mol. The third-order valence-corrected chi connectivity index (χ3v) is 6.77. The van der Waals surface area contributed by atoms with Crippen molar-refractivity contribution in [1.82, 2.24) is 5.32 Å². The Kier molecular flexibility index (Phi) is 9.86. The minimum Gasteiger partial charge on any atom is -0.490 e. The molecule has 0 saturated carbocycles. The molecule has 0 radical (unpaired) electrons. The zero-order chi connectivity index (χ0) is 25.6. The lowest BCUT2D eigenvalue weighted by atomic mass is 9.74. The molecule has 0 bridgehead atoms. The van der Waals surface area contributed by atoms with Gasteiger partial charge in [0.05, 0.1) is 11.5 Å². The molecule has 0 spiro atoms. The standard InChI is InChI=1S/C25H34ClF3N2O2/c1-16(2)24(7,25(27,28)29)12-8-9-22(32)31-23(6,14-30)15-33-21-11-10-17(3)18(4)13-20(26)19(21)5/h10-11,13,16H,8-9,12,15H2,1-7H3,(H,31,32)/b11-10-,17-10?,18-13?,18-17-,20-13-,20-19?,21-11?,21-19-/t23?,24-/m0/s1. The van der Waals surface area contributed by atoms with E-state index >= 15 is 0 Å². The molecular weight excluding hydrogens is 453 g/mol. The van der Waals surface area contributed by atoms with E-state index in [0.717, 1.165) is 11.1 Å². The molecule has 1 amide bonds. The van der Waals surface area contributed by atoms with Crippen LogP contribution in [0.25, 0.3) is 0 Å². The van der Waals surface area contributed by atoms with E-state index in [1.54, 1.807) is 13.0 Å². The number of carbonyl (C=O) groups is 1. The predicted octanol–water partition coefficient (Wildman–Crippen LogP) is 7.10. The molecule has 0 aromatic rings. The van der Waals surface area contributed by atoms with Crippen molar-refractivity contribution < 1.29 is 22.7 Å². The van der Waals surface area contributed by atoms with Crippen LogP contribution in [0.1, 0.15) is 67.7 Å². The number of nitrogens with one attached hydrogen (secondary N) is 1. The molecule has 1 aliphatic carbocycles. The summed E-state index contributed by atoms with van der Waals surface area (Å²) >= 11 is 6.36. The number of amides is 1. The van der Waals surface area contributed by atoms with Crippen molar-refractivity contribution in [3.05, 3.63) is 45.7 Å². The number of alkyl halides is 3. The summed E-state index contributed by atoms with van der Waals surface area (Å²) in [6, 6.07) is 2.03. The summed E-state index contributed by atoms with van der Waals surface area (Å²) < 4.78 is 46.2. The molecule has 0 fully saturated rings. The van der Waals surface area contributed by atoms with Crippen molar-refractivity contribution in [2.24, 2.45) is 11.3 Å². The lowest BCUT2D eigenvalue weighted by Crippen LogP contribution is -2.48. The first-order chi connectivity index (χ1) is 15.1. The van der Waals surface area contributed by atoms with E-state index in [1.165, 1.54) is 27.7 Å². The van der Waals surface area contributed by atoms with Gasteiger partial charge < -0.3 is 10.1 Å². The van der Waals surface area contributed by atoms with Gasteiger partial charge in [0.25, 0.3) is 0 Å². The minimum atomic E-state index is -4.36. The maximum absolute atomic E-state index is 13.5. The van der Waals surface area contributed by atoms with Crippen molar-refractivity contribution in [2.45, 2.75) is 79.4 Å².